The van der Waals surface area contributed by atoms with Crippen LogP contribution >= 0.6 is 0 Å². The Morgan fingerprint density at radius 1 is 1.07 bits per heavy atom. The van der Waals surface area contributed by atoms with E-state index in [9.17, 15) is 0 Å². The highest BCUT2D eigenvalue weighted by molar-refractivity contribution is 4.73. The average molecular weight is 197 g/mol. The topological polar surface area (TPSA) is 12.0 Å². The Hall–Kier alpha value is -0.0400. The molecular weight excluding hydrogens is 170 g/mol. The van der Waals surface area contributed by atoms with Crippen LogP contribution in [0.25, 0.3) is 0 Å². The van der Waals surface area contributed by atoms with Crippen LogP contribution in [-0.4, -0.2) is 12.6 Å². The van der Waals surface area contributed by atoms with Gasteiger partial charge < -0.3 is 5.32 Å². The second kappa shape index (κ2) is 5.75. The maximum Gasteiger partial charge on any atom is 0.00670 e. The molecule has 1 aliphatic rings. The largest absolute Gasteiger partial charge is 0.314 e. The van der Waals surface area contributed by atoms with Gasteiger partial charge in [0, 0.05) is 6.04 Å². The van der Waals surface area contributed by atoms with Crippen molar-refractivity contribution in [1.29, 1.82) is 0 Å². The highest BCUT2D eigenvalue weighted by Crippen LogP contribution is 2.21. The SMILES string of the molecule is CC(C)(C)CCCCNC1CCCC1. The van der Waals surface area contributed by atoms with Crippen molar-refractivity contribution in [3.63, 3.8) is 0 Å². The van der Waals surface area contributed by atoms with E-state index in [2.05, 4.69) is 26.1 Å². The summed E-state index contributed by atoms with van der Waals surface area (Å²) in [6.45, 7) is 8.23. The fourth-order valence-electron chi connectivity index (χ4n) is 2.22. The van der Waals surface area contributed by atoms with Crippen molar-refractivity contribution in [2.45, 2.75) is 71.8 Å². The van der Waals surface area contributed by atoms with Crippen LogP contribution < -0.4 is 5.32 Å². The Balaban J connectivity index is 1.89. The molecule has 0 aliphatic heterocycles. The van der Waals surface area contributed by atoms with Crippen LogP contribution in [0.5, 0.6) is 0 Å². The molecule has 1 nitrogen and oxygen atoms in total. The van der Waals surface area contributed by atoms with E-state index in [4.69, 9.17) is 0 Å². The van der Waals surface area contributed by atoms with Crippen molar-refractivity contribution >= 4 is 0 Å². The summed E-state index contributed by atoms with van der Waals surface area (Å²) in [5.41, 5.74) is 0.521. The minimum atomic E-state index is 0.521. The van der Waals surface area contributed by atoms with Gasteiger partial charge in [0.05, 0.1) is 0 Å². The molecular formula is C13H27N. The lowest BCUT2D eigenvalue weighted by Crippen LogP contribution is -2.26. The zero-order chi connectivity index (χ0) is 10.4. The summed E-state index contributed by atoms with van der Waals surface area (Å²) in [7, 11) is 0. The van der Waals surface area contributed by atoms with E-state index in [1.54, 1.807) is 0 Å². The summed E-state index contributed by atoms with van der Waals surface area (Å²) in [6.07, 6.45) is 9.81. The van der Waals surface area contributed by atoms with Crippen LogP contribution in [-0.2, 0) is 0 Å². The third-order valence-corrected chi connectivity index (χ3v) is 3.14. The Kier molecular flexibility index (Phi) is 4.94. The lowest BCUT2D eigenvalue weighted by Gasteiger charge is -2.18. The zero-order valence-electron chi connectivity index (χ0n) is 10.2. The minimum Gasteiger partial charge on any atom is -0.314 e. The predicted molar refractivity (Wildman–Crippen MR) is 63.6 cm³/mol. The lowest BCUT2D eigenvalue weighted by atomic mass is 9.90. The molecule has 0 aromatic rings. The molecule has 0 bridgehead atoms. The first-order chi connectivity index (χ1) is 6.58. The maximum absolute atomic E-state index is 3.67. The van der Waals surface area contributed by atoms with Gasteiger partial charge >= 0.3 is 0 Å². The van der Waals surface area contributed by atoms with E-state index < -0.39 is 0 Å². The molecule has 0 spiro atoms. The predicted octanol–water partition coefficient (Wildman–Crippen LogP) is 3.74. The molecule has 0 unspecified atom stereocenters. The van der Waals surface area contributed by atoms with Gasteiger partial charge in [-0.1, -0.05) is 40.0 Å². The Morgan fingerprint density at radius 2 is 1.71 bits per heavy atom. The first-order valence-corrected chi connectivity index (χ1v) is 6.31. The highest BCUT2D eigenvalue weighted by atomic mass is 14.9. The van der Waals surface area contributed by atoms with Gasteiger partial charge in [0.2, 0.25) is 0 Å². The van der Waals surface area contributed by atoms with Gasteiger partial charge in [-0.3, -0.25) is 0 Å². The van der Waals surface area contributed by atoms with Crippen LogP contribution in [0.3, 0.4) is 0 Å². The number of nitrogens with one attached hydrogen (secondary N) is 1. The van der Waals surface area contributed by atoms with Gasteiger partial charge in [-0.2, -0.15) is 0 Å². The molecule has 0 amide bonds. The molecule has 1 heteroatoms. The van der Waals surface area contributed by atoms with E-state index in [1.807, 2.05) is 0 Å². The molecule has 0 saturated heterocycles. The number of hydrogen-bond acceptors (Lipinski definition) is 1. The third-order valence-electron chi connectivity index (χ3n) is 3.14. The molecule has 0 heterocycles. The molecule has 0 aromatic heterocycles. The molecule has 0 aromatic carbocycles. The standard InChI is InChI=1S/C13H27N/c1-13(2,3)10-6-7-11-14-12-8-4-5-9-12/h12,14H,4-11H2,1-3H3. The summed E-state index contributed by atoms with van der Waals surface area (Å²) in [5.74, 6) is 0. The van der Waals surface area contributed by atoms with Crippen molar-refractivity contribution in [2.24, 2.45) is 5.41 Å². The molecule has 14 heavy (non-hydrogen) atoms. The number of hydrogen-bond donors (Lipinski definition) is 1. The van der Waals surface area contributed by atoms with Crippen LogP contribution in [0, 0.1) is 5.41 Å². The van der Waals surface area contributed by atoms with E-state index in [1.165, 1.54) is 51.5 Å². The van der Waals surface area contributed by atoms with E-state index >= 15 is 0 Å². The zero-order valence-corrected chi connectivity index (χ0v) is 10.2. The van der Waals surface area contributed by atoms with E-state index in [-0.39, 0.29) is 0 Å². The Bertz CT molecular complexity index is 140. The Labute approximate surface area is 89.7 Å². The number of unbranched alkanes of at least 4 members (excludes halogenated alkanes) is 1. The van der Waals surface area contributed by atoms with Gasteiger partial charge in [0.1, 0.15) is 0 Å². The van der Waals surface area contributed by atoms with Crippen molar-refractivity contribution in [1.82, 2.24) is 5.32 Å². The first-order valence-electron chi connectivity index (χ1n) is 6.31. The van der Waals surface area contributed by atoms with Gasteiger partial charge in [0.15, 0.2) is 0 Å². The summed E-state index contributed by atoms with van der Waals surface area (Å²) < 4.78 is 0. The van der Waals surface area contributed by atoms with Gasteiger partial charge in [-0.25, -0.2) is 0 Å². The summed E-state index contributed by atoms with van der Waals surface area (Å²) in [6, 6.07) is 0.852. The number of rotatable bonds is 5. The van der Waals surface area contributed by atoms with Crippen LogP contribution in [0.1, 0.15) is 65.7 Å². The molecule has 1 N–H and O–H groups in total. The maximum atomic E-state index is 3.67. The molecule has 1 fully saturated rings. The minimum absolute atomic E-state index is 0.521. The normalized spacial score (nSPS) is 19.1. The summed E-state index contributed by atoms with van der Waals surface area (Å²) >= 11 is 0. The molecule has 1 aliphatic carbocycles. The van der Waals surface area contributed by atoms with E-state index in [0.717, 1.165) is 6.04 Å². The monoisotopic (exact) mass is 197 g/mol. The van der Waals surface area contributed by atoms with Gasteiger partial charge in [0.25, 0.3) is 0 Å². The van der Waals surface area contributed by atoms with Gasteiger partial charge in [-0.15, -0.1) is 0 Å². The quantitative estimate of drug-likeness (QED) is 0.662. The van der Waals surface area contributed by atoms with Crippen LogP contribution in [0.15, 0.2) is 0 Å². The van der Waals surface area contributed by atoms with Crippen molar-refractivity contribution in [3.8, 4) is 0 Å². The highest BCUT2D eigenvalue weighted by Gasteiger charge is 2.13. The van der Waals surface area contributed by atoms with Crippen LogP contribution in [0.2, 0.25) is 0 Å². The first kappa shape index (κ1) is 12.0. The Morgan fingerprint density at radius 3 is 2.29 bits per heavy atom. The second-order valence-electron chi connectivity index (χ2n) is 5.95. The fraction of sp³-hybridized carbons (Fsp3) is 1.00. The average Bonchev–Trinajstić information content (AvgIpc) is 2.54. The second-order valence-corrected chi connectivity index (χ2v) is 5.95. The summed E-state index contributed by atoms with van der Waals surface area (Å²) in [4.78, 5) is 0. The van der Waals surface area contributed by atoms with Gasteiger partial charge in [-0.05, 0) is 37.6 Å². The van der Waals surface area contributed by atoms with Crippen molar-refractivity contribution in [3.05, 3.63) is 0 Å². The molecule has 0 atom stereocenters. The lowest BCUT2D eigenvalue weighted by molar-refractivity contribution is 0.356. The van der Waals surface area contributed by atoms with Crippen molar-refractivity contribution < 1.29 is 0 Å². The van der Waals surface area contributed by atoms with E-state index in [0.29, 0.717) is 5.41 Å². The smallest absolute Gasteiger partial charge is 0.00670 e. The molecule has 84 valence electrons. The fourth-order valence-corrected chi connectivity index (χ4v) is 2.22. The molecule has 1 saturated carbocycles. The van der Waals surface area contributed by atoms with Crippen molar-refractivity contribution in [2.75, 3.05) is 6.54 Å². The molecule has 0 radical (unpaired) electrons. The van der Waals surface area contributed by atoms with Crippen LogP contribution in [0.4, 0.5) is 0 Å². The third kappa shape index (κ3) is 5.64. The molecule has 1 rings (SSSR count). The summed E-state index contributed by atoms with van der Waals surface area (Å²) in [5, 5.41) is 3.67.